The van der Waals surface area contributed by atoms with Crippen LogP contribution in [0.1, 0.15) is 54.4 Å². The number of anilines is 1. The van der Waals surface area contributed by atoms with Crippen LogP contribution in [0.25, 0.3) is 22.3 Å². The highest BCUT2D eigenvalue weighted by molar-refractivity contribution is 6.05. The first-order valence-electron chi connectivity index (χ1n) is 13.8. The second kappa shape index (κ2) is 11.3. The maximum absolute atomic E-state index is 12.8. The van der Waals surface area contributed by atoms with Crippen LogP contribution >= 0.6 is 0 Å². The van der Waals surface area contributed by atoms with Crippen LogP contribution in [0.3, 0.4) is 0 Å². The molecule has 2 aliphatic rings. The maximum Gasteiger partial charge on any atom is 0.255 e. The Hall–Kier alpha value is -4.60. The summed E-state index contributed by atoms with van der Waals surface area (Å²) in [7, 11) is 0. The van der Waals surface area contributed by atoms with Gasteiger partial charge in [-0.25, -0.2) is 4.98 Å². The van der Waals surface area contributed by atoms with Crippen molar-refractivity contribution in [2.45, 2.75) is 57.7 Å². The number of rotatable bonds is 10. The van der Waals surface area contributed by atoms with Gasteiger partial charge < -0.3 is 10.2 Å². The van der Waals surface area contributed by atoms with E-state index in [2.05, 4.69) is 20.7 Å². The first kappa shape index (κ1) is 25.7. The SMILES string of the molecule is O=C1CCC(N2Cc3cc(NCCCCCCn4cc(-c5cnc6ccccc6n5)cn4)ccc3C2=O)C(=O)N1. The van der Waals surface area contributed by atoms with E-state index in [1.165, 1.54) is 0 Å². The molecule has 40 heavy (non-hydrogen) atoms. The monoisotopic (exact) mass is 537 g/mol. The maximum atomic E-state index is 12.8. The van der Waals surface area contributed by atoms with Gasteiger partial charge in [0.15, 0.2) is 0 Å². The molecule has 2 aliphatic heterocycles. The van der Waals surface area contributed by atoms with E-state index in [4.69, 9.17) is 4.98 Å². The summed E-state index contributed by atoms with van der Waals surface area (Å²) < 4.78 is 1.97. The fraction of sp³-hybridized carbons (Fsp3) is 0.333. The molecule has 0 aliphatic carbocycles. The molecule has 10 nitrogen and oxygen atoms in total. The second-order valence-corrected chi connectivity index (χ2v) is 10.3. The molecule has 2 aromatic carbocycles. The highest BCUT2D eigenvalue weighted by Gasteiger charge is 2.39. The highest BCUT2D eigenvalue weighted by atomic mass is 16.2. The van der Waals surface area contributed by atoms with Crippen molar-refractivity contribution in [3.8, 4) is 11.3 Å². The highest BCUT2D eigenvalue weighted by Crippen LogP contribution is 2.29. The van der Waals surface area contributed by atoms with Gasteiger partial charge in [0.25, 0.3) is 5.91 Å². The molecular formula is C30H31N7O3. The quantitative estimate of drug-likeness (QED) is 0.232. The fourth-order valence-electron chi connectivity index (χ4n) is 5.38. The van der Waals surface area contributed by atoms with Gasteiger partial charge in [-0.1, -0.05) is 25.0 Å². The number of piperidine rings is 1. The van der Waals surface area contributed by atoms with E-state index in [0.717, 1.165) is 72.3 Å². The minimum absolute atomic E-state index is 0.148. The molecule has 0 radical (unpaired) electrons. The van der Waals surface area contributed by atoms with E-state index >= 15 is 0 Å². The summed E-state index contributed by atoms with van der Waals surface area (Å²) in [6.45, 7) is 2.09. The van der Waals surface area contributed by atoms with Crippen molar-refractivity contribution in [2.75, 3.05) is 11.9 Å². The number of unbranched alkanes of at least 4 members (excludes halogenated alkanes) is 3. The zero-order chi connectivity index (χ0) is 27.5. The number of hydrogen-bond acceptors (Lipinski definition) is 7. The van der Waals surface area contributed by atoms with Gasteiger partial charge in [0.05, 0.1) is 29.1 Å². The van der Waals surface area contributed by atoms with E-state index in [1.807, 2.05) is 59.5 Å². The van der Waals surface area contributed by atoms with Gasteiger partial charge in [-0.15, -0.1) is 0 Å². The first-order chi connectivity index (χ1) is 19.5. The number of carbonyl (C=O) groups is 3. The smallest absolute Gasteiger partial charge is 0.255 e. The van der Waals surface area contributed by atoms with Gasteiger partial charge >= 0.3 is 0 Å². The summed E-state index contributed by atoms with van der Waals surface area (Å²) in [5, 5.41) is 10.3. The Morgan fingerprint density at radius 1 is 0.975 bits per heavy atom. The van der Waals surface area contributed by atoms with Gasteiger partial charge in [-0.3, -0.25) is 29.4 Å². The van der Waals surface area contributed by atoms with Gasteiger partial charge in [0.2, 0.25) is 11.8 Å². The number of fused-ring (bicyclic) bond motifs is 2. The molecule has 1 unspecified atom stereocenters. The van der Waals surface area contributed by atoms with Gasteiger partial charge in [0, 0.05) is 49.1 Å². The molecule has 204 valence electrons. The molecular weight excluding hydrogens is 506 g/mol. The zero-order valence-corrected chi connectivity index (χ0v) is 22.2. The van der Waals surface area contributed by atoms with Crippen molar-refractivity contribution in [2.24, 2.45) is 0 Å². The summed E-state index contributed by atoms with van der Waals surface area (Å²) in [5.41, 5.74) is 6.07. The Balaban J connectivity index is 0.923. The summed E-state index contributed by atoms with van der Waals surface area (Å²) in [5.74, 6) is -0.812. The third-order valence-corrected chi connectivity index (χ3v) is 7.54. The van der Waals surface area contributed by atoms with Crippen molar-refractivity contribution in [3.05, 3.63) is 72.2 Å². The summed E-state index contributed by atoms with van der Waals surface area (Å²) >= 11 is 0. The van der Waals surface area contributed by atoms with Crippen LogP contribution in [0.15, 0.2) is 61.1 Å². The van der Waals surface area contributed by atoms with E-state index in [9.17, 15) is 14.4 Å². The van der Waals surface area contributed by atoms with Crippen molar-refractivity contribution >= 4 is 34.4 Å². The first-order valence-corrected chi connectivity index (χ1v) is 13.8. The minimum Gasteiger partial charge on any atom is -0.385 e. The predicted octanol–water partition coefficient (Wildman–Crippen LogP) is 3.93. The normalized spacial score (nSPS) is 16.9. The van der Waals surface area contributed by atoms with Crippen LogP contribution in [-0.4, -0.2) is 55.0 Å². The largest absolute Gasteiger partial charge is 0.385 e. The number of nitrogens with zero attached hydrogens (tertiary/aromatic N) is 5. The molecule has 0 bridgehead atoms. The van der Waals surface area contributed by atoms with Crippen LogP contribution in [0.4, 0.5) is 5.69 Å². The van der Waals surface area contributed by atoms with Crippen LogP contribution in [0.5, 0.6) is 0 Å². The molecule has 0 spiro atoms. The lowest BCUT2D eigenvalue weighted by Crippen LogP contribution is -2.52. The third-order valence-electron chi connectivity index (χ3n) is 7.54. The average molecular weight is 538 g/mol. The molecule has 1 saturated heterocycles. The van der Waals surface area contributed by atoms with Crippen molar-refractivity contribution < 1.29 is 14.4 Å². The average Bonchev–Trinajstić information content (AvgIpc) is 3.56. The number of imide groups is 1. The standard InChI is InChI=1S/C30H31N7O3/c38-28-12-11-27(29(39)35-28)37-19-20-15-22(9-10-23(20)30(37)40)31-13-5-1-2-6-14-36-18-21(16-33-36)26-17-32-24-7-3-4-8-25(24)34-26/h3-4,7-10,15-18,27,31H,1-2,5-6,11-14,19H2,(H,35,38,39). The fourth-order valence-corrected chi connectivity index (χ4v) is 5.38. The molecule has 2 aromatic heterocycles. The Bertz CT molecular complexity index is 1580. The van der Waals surface area contributed by atoms with Crippen LogP contribution in [0, 0.1) is 0 Å². The number of aromatic nitrogens is 4. The van der Waals surface area contributed by atoms with E-state index in [-0.39, 0.29) is 24.1 Å². The lowest BCUT2D eigenvalue weighted by Gasteiger charge is -2.29. The molecule has 10 heteroatoms. The van der Waals surface area contributed by atoms with Crippen LogP contribution in [0.2, 0.25) is 0 Å². The van der Waals surface area contributed by atoms with Crippen LogP contribution < -0.4 is 10.6 Å². The number of nitrogens with one attached hydrogen (secondary N) is 2. The van der Waals surface area contributed by atoms with Crippen molar-refractivity contribution in [3.63, 3.8) is 0 Å². The third kappa shape index (κ3) is 5.42. The van der Waals surface area contributed by atoms with Gasteiger partial charge in [-0.05, 0) is 55.2 Å². The molecule has 4 heterocycles. The summed E-state index contributed by atoms with van der Waals surface area (Å²) in [4.78, 5) is 47.3. The Morgan fingerprint density at radius 3 is 2.70 bits per heavy atom. The Morgan fingerprint density at radius 2 is 1.82 bits per heavy atom. The van der Waals surface area contributed by atoms with E-state index in [1.54, 1.807) is 11.1 Å². The summed E-state index contributed by atoms with van der Waals surface area (Å²) in [6, 6.07) is 13.0. The van der Waals surface area contributed by atoms with Crippen molar-refractivity contribution in [1.29, 1.82) is 0 Å². The van der Waals surface area contributed by atoms with E-state index in [0.29, 0.717) is 18.5 Å². The summed E-state index contributed by atoms with van der Waals surface area (Å²) in [6.07, 6.45) is 10.6. The molecule has 2 N–H and O–H groups in total. The molecule has 4 aromatic rings. The Kier molecular flexibility index (Phi) is 7.22. The number of para-hydroxylation sites is 2. The van der Waals surface area contributed by atoms with Crippen LogP contribution in [-0.2, 0) is 22.7 Å². The molecule has 6 rings (SSSR count). The molecule has 1 fully saturated rings. The second-order valence-electron chi connectivity index (χ2n) is 10.3. The predicted molar refractivity (Wildman–Crippen MR) is 150 cm³/mol. The van der Waals surface area contributed by atoms with Crippen molar-refractivity contribution in [1.82, 2.24) is 30.0 Å². The number of hydrogen-bond donors (Lipinski definition) is 2. The van der Waals surface area contributed by atoms with Gasteiger partial charge in [-0.2, -0.15) is 5.10 Å². The lowest BCUT2D eigenvalue weighted by molar-refractivity contribution is -0.136. The number of carbonyl (C=O) groups excluding carboxylic acids is 3. The molecule has 1 atom stereocenters. The number of aryl methyl sites for hydroxylation is 1. The lowest BCUT2D eigenvalue weighted by atomic mass is 10.0. The Labute approximate surface area is 231 Å². The van der Waals surface area contributed by atoms with E-state index < -0.39 is 6.04 Å². The topological polar surface area (TPSA) is 122 Å². The molecule has 0 saturated carbocycles. The molecule has 3 amide bonds. The number of amides is 3. The van der Waals surface area contributed by atoms with Gasteiger partial charge in [0.1, 0.15) is 6.04 Å². The minimum atomic E-state index is -0.588. The zero-order valence-electron chi connectivity index (χ0n) is 22.2. The number of benzene rings is 2.